The van der Waals surface area contributed by atoms with E-state index >= 15 is 0 Å². The monoisotopic (exact) mass is 298 g/mol. The second-order valence-electron chi connectivity index (χ2n) is 6.69. The zero-order chi connectivity index (χ0) is 16.2. The first-order chi connectivity index (χ1) is 10.5. The molecule has 0 aliphatic heterocycles. The van der Waals surface area contributed by atoms with E-state index in [2.05, 4.69) is 51.3 Å². The lowest BCUT2D eigenvalue weighted by Crippen LogP contribution is -2.35. The van der Waals surface area contributed by atoms with Gasteiger partial charge < -0.3 is 4.74 Å². The Morgan fingerprint density at radius 2 is 2.09 bits per heavy atom. The Morgan fingerprint density at radius 1 is 1.41 bits per heavy atom. The summed E-state index contributed by atoms with van der Waals surface area (Å²) in [6, 6.07) is 8.76. The summed E-state index contributed by atoms with van der Waals surface area (Å²) < 4.78 is 5.09. The molecule has 0 saturated heterocycles. The predicted molar refractivity (Wildman–Crippen MR) is 90.7 cm³/mol. The van der Waals surface area contributed by atoms with Crippen LogP contribution in [0.5, 0.6) is 0 Å². The van der Waals surface area contributed by atoms with Gasteiger partial charge in [0.1, 0.15) is 6.61 Å². The quantitative estimate of drug-likeness (QED) is 0.557. The van der Waals surface area contributed by atoms with Gasteiger partial charge >= 0.3 is 0 Å². The highest BCUT2D eigenvalue weighted by molar-refractivity contribution is 5.37. The summed E-state index contributed by atoms with van der Waals surface area (Å²) in [4.78, 5) is 10.6. The molecule has 1 saturated carbocycles. The molecule has 1 aliphatic carbocycles. The molecule has 2 nitrogen and oxygen atoms in total. The summed E-state index contributed by atoms with van der Waals surface area (Å²) in [5, 5.41) is 0. The van der Waals surface area contributed by atoms with Gasteiger partial charge in [0, 0.05) is 5.41 Å². The first kappa shape index (κ1) is 16.5. The minimum Gasteiger partial charge on any atom is -0.467 e. The number of benzene rings is 1. The van der Waals surface area contributed by atoms with Crippen molar-refractivity contribution in [3.8, 4) is 0 Å². The van der Waals surface area contributed by atoms with E-state index in [1.165, 1.54) is 16.7 Å². The average molecular weight is 298 g/mol. The van der Waals surface area contributed by atoms with Gasteiger partial charge in [-0.1, -0.05) is 48.1 Å². The highest BCUT2D eigenvalue weighted by atomic mass is 16.5. The molecule has 1 fully saturated rings. The minimum atomic E-state index is -0.123. The maximum absolute atomic E-state index is 10.6. The van der Waals surface area contributed by atoms with Crippen LogP contribution in [0.4, 0.5) is 0 Å². The second-order valence-corrected chi connectivity index (χ2v) is 6.69. The van der Waals surface area contributed by atoms with Crippen molar-refractivity contribution < 1.29 is 9.53 Å². The fourth-order valence-electron chi connectivity index (χ4n) is 3.66. The van der Waals surface area contributed by atoms with E-state index < -0.39 is 0 Å². The third-order valence-electron chi connectivity index (χ3n) is 5.08. The fourth-order valence-corrected chi connectivity index (χ4v) is 3.66. The van der Waals surface area contributed by atoms with Crippen LogP contribution in [0.1, 0.15) is 43.2 Å². The Hall–Kier alpha value is -1.83. The third-order valence-corrected chi connectivity index (χ3v) is 5.08. The number of carbonyl (C=O) groups is 1. The van der Waals surface area contributed by atoms with Gasteiger partial charge in [-0.05, 0) is 50.5 Å². The number of hydrogen-bond donors (Lipinski definition) is 0. The zero-order valence-corrected chi connectivity index (χ0v) is 13.7. The molecule has 0 heterocycles. The first-order valence-electron chi connectivity index (χ1n) is 7.92. The van der Waals surface area contributed by atoms with E-state index in [0.29, 0.717) is 24.9 Å². The van der Waals surface area contributed by atoms with Gasteiger partial charge in [0.25, 0.3) is 6.47 Å². The lowest BCUT2D eigenvalue weighted by atomic mass is 9.62. The lowest BCUT2D eigenvalue weighted by Gasteiger charge is -2.43. The van der Waals surface area contributed by atoms with Crippen molar-refractivity contribution in [3.05, 3.63) is 60.2 Å². The summed E-state index contributed by atoms with van der Waals surface area (Å²) in [7, 11) is 0. The standard InChI is InChI=1S/C20H26O2/c1-5-20(13-22-14-21)11-10-18(15(2)3)19(12-20)17-8-6-16(4)7-9-17/h5-9,14,18-19H,1-2,10-13H2,3-4H3/t18-,19-,20-/m0/s1. The van der Waals surface area contributed by atoms with Crippen molar-refractivity contribution in [1.29, 1.82) is 0 Å². The number of ether oxygens (including phenoxy) is 1. The molecule has 0 radical (unpaired) electrons. The predicted octanol–water partition coefficient (Wildman–Crippen LogP) is 4.80. The van der Waals surface area contributed by atoms with Gasteiger partial charge in [0.2, 0.25) is 0 Å². The smallest absolute Gasteiger partial charge is 0.293 e. The second kappa shape index (κ2) is 6.95. The molecule has 1 aromatic carbocycles. The Kier molecular flexibility index (Phi) is 5.23. The maximum atomic E-state index is 10.6. The van der Waals surface area contributed by atoms with E-state index in [4.69, 9.17) is 4.74 Å². The van der Waals surface area contributed by atoms with Gasteiger partial charge in [0.15, 0.2) is 0 Å². The van der Waals surface area contributed by atoms with Crippen molar-refractivity contribution in [2.45, 2.75) is 39.0 Å². The Balaban J connectivity index is 2.31. The van der Waals surface area contributed by atoms with Crippen LogP contribution in [-0.4, -0.2) is 13.1 Å². The van der Waals surface area contributed by atoms with Crippen molar-refractivity contribution in [3.63, 3.8) is 0 Å². The van der Waals surface area contributed by atoms with Gasteiger partial charge in [-0.15, -0.1) is 6.58 Å². The highest BCUT2D eigenvalue weighted by Gasteiger charge is 2.40. The van der Waals surface area contributed by atoms with E-state index in [0.717, 1.165) is 19.3 Å². The molecular weight excluding hydrogens is 272 g/mol. The molecule has 22 heavy (non-hydrogen) atoms. The molecule has 1 aliphatic rings. The molecule has 2 heteroatoms. The Morgan fingerprint density at radius 3 is 2.64 bits per heavy atom. The molecule has 1 aromatic rings. The van der Waals surface area contributed by atoms with Crippen LogP contribution in [0.3, 0.4) is 0 Å². The SMILES string of the molecule is C=C[C@]1(COC=O)CC[C@@H](C(=C)C)[C@H](c2ccc(C)cc2)C1. The molecule has 0 amide bonds. The Bertz CT molecular complexity index is 543. The Labute approximate surface area is 133 Å². The number of rotatable bonds is 6. The number of allylic oxidation sites excluding steroid dienone is 1. The number of carbonyl (C=O) groups excluding carboxylic acids is 1. The molecule has 0 spiro atoms. The summed E-state index contributed by atoms with van der Waals surface area (Å²) in [6.45, 7) is 13.4. The summed E-state index contributed by atoms with van der Waals surface area (Å²) >= 11 is 0. The lowest BCUT2D eigenvalue weighted by molar-refractivity contribution is -0.132. The normalized spacial score (nSPS) is 27.9. The molecule has 0 bridgehead atoms. The van der Waals surface area contributed by atoms with Crippen LogP contribution in [0.2, 0.25) is 0 Å². The van der Waals surface area contributed by atoms with Crippen molar-refractivity contribution in [2.75, 3.05) is 6.61 Å². The van der Waals surface area contributed by atoms with Gasteiger partial charge in [0.05, 0.1) is 0 Å². The van der Waals surface area contributed by atoms with Crippen molar-refractivity contribution in [1.82, 2.24) is 0 Å². The van der Waals surface area contributed by atoms with Crippen molar-refractivity contribution in [2.24, 2.45) is 11.3 Å². The van der Waals surface area contributed by atoms with Gasteiger partial charge in [-0.3, -0.25) is 4.79 Å². The zero-order valence-electron chi connectivity index (χ0n) is 13.7. The fraction of sp³-hybridized carbons (Fsp3) is 0.450. The van der Waals surface area contributed by atoms with E-state index in [9.17, 15) is 4.79 Å². The van der Waals surface area contributed by atoms with Crippen LogP contribution in [-0.2, 0) is 9.53 Å². The molecule has 2 rings (SSSR count). The number of aryl methyl sites for hydroxylation is 1. The largest absolute Gasteiger partial charge is 0.467 e. The number of hydrogen-bond acceptors (Lipinski definition) is 2. The highest BCUT2D eigenvalue weighted by Crippen LogP contribution is 2.50. The van der Waals surface area contributed by atoms with E-state index in [1.54, 1.807) is 0 Å². The summed E-state index contributed by atoms with van der Waals surface area (Å²) in [5.74, 6) is 0.882. The minimum absolute atomic E-state index is 0.123. The molecule has 118 valence electrons. The first-order valence-corrected chi connectivity index (χ1v) is 7.92. The van der Waals surface area contributed by atoms with Crippen LogP contribution in [0, 0.1) is 18.3 Å². The third kappa shape index (κ3) is 3.49. The molecule has 0 aromatic heterocycles. The molecule has 0 N–H and O–H groups in total. The van der Waals surface area contributed by atoms with Gasteiger partial charge in [-0.2, -0.15) is 0 Å². The van der Waals surface area contributed by atoms with Crippen molar-refractivity contribution >= 4 is 6.47 Å². The van der Waals surface area contributed by atoms with E-state index in [1.807, 2.05) is 6.08 Å². The van der Waals surface area contributed by atoms with Gasteiger partial charge in [-0.25, -0.2) is 0 Å². The van der Waals surface area contributed by atoms with Crippen LogP contribution >= 0.6 is 0 Å². The maximum Gasteiger partial charge on any atom is 0.293 e. The summed E-state index contributed by atoms with van der Waals surface area (Å²) in [6.07, 6.45) is 4.98. The van der Waals surface area contributed by atoms with E-state index in [-0.39, 0.29) is 5.41 Å². The average Bonchev–Trinajstić information content (AvgIpc) is 2.53. The summed E-state index contributed by atoms with van der Waals surface area (Å²) in [5.41, 5.74) is 3.73. The van der Waals surface area contributed by atoms with Crippen LogP contribution < -0.4 is 0 Å². The molecular formula is C20H26O2. The van der Waals surface area contributed by atoms with Crippen LogP contribution in [0.15, 0.2) is 49.1 Å². The molecule has 0 unspecified atom stereocenters. The topological polar surface area (TPSA) is 26.3 Å². The molecule has 3 atom stereocenters. The van der Waals surface area contributed by atoms with Crippen LogP contribution in [0.25, 0.3) is 0 Å².